The van der Waals surface area contributed by atoms with Gasteiger partial charge in [-0.15, -0.1) is 0 Å². The standard InChI is InChI=1S/C47H81NO7/c1-6-8-10-12-14-16-18-19-20-21-22-23-24-25-26-28-29-31-33-35-37-45(49)54-42-43(41-53-40-39-44(47(51)52)48(3,4)5)55-46(50)38-36-34-32-30-27-17-15-13-11-9-7-2/h8,10,13-17,19-20,27,43-44H,6-7,9,11-12,18,21-26,28-42H2,1-5H3/b10-8+,15-13+,16-14+,20-19+,27-17+. The lowest BCUT2D eigenvalue weighted by molar-refractivity contribution is -0.889. The summed E-state index contributed by atoms with van der Waals surface area (Å²) in [5.74, 6) is -1.78. The number of allylic oxidation sites excluding steroid dienone is 10. The third kappa shape index (κ3) is 36.4. The number of likely N-dealkylation sites (N-methyl/N-ethyl adjacent to an activating group) is 1. The van der Waals surface area contributed by atoms with Gasteiger partial charge in [0.2, 0.25) is 0 Å². The highest BCUT2D eigenvalue weighted by molar-refractivity contribution is 5.70. The summed E-state index contributed by atoms with van der Waals surface area (Å²) in [6.45, 7) is 4.45. The van der Waals surface area contributed by atoms with E-state index in [9.17, 15) is 19.5 Å². The molecule has 55 heavy (non-hydrogen) atoms. The third-order valence-corrected chi connectivity index (χ3v) is 9.42. The maximum absolute atomic E-state index is 12.7. The Morgan fingerprint density at radius 1 is 0.582 bits per heavy atom. The first-order valence-corrected chi connectivity index (χ1v) is 21.8. The van der Waals surface area contributed by atoms with Crippen LogP contribution >= 0.6 is 0 Å². The number of hydrogen-bond donors (Lipinski definition) is 0. The van der Waals surface area contributed by atoms with Gasteiger partial charge in [-0.2, -0.15) is 0 Å². The van der Waals surface area contributed by atoms with Crippen LogP contribution in [0.15, 0.2) is 60.8 Å². The van der Waals surface area contributed by atoms with Gasteiger partial charge in [-0.25, -0.2) is 0 Å². The van der Waals surface area contributed by atoms with Crippen LogP contribution in [0.3, 0.4) is 0 Å². The Labute approximate surface area is 337 Å². The van der Waals surface area contributed by atoms with Gasteiger partial charge in [0.1, 0.15) is 12.6 Å². The predicted molar refractivity (Wildman–Crippen MR) is 226 cm³/mol. The van der Waals surface area contributed by atoms with E-state index in [0.717, 1.165) is 70.6 Å². The van der Waals surface area contributed by atoms with E-state index in [2.05, 4.69) is 74.6 Å². The van der Waals surface area contributed by atoms with Crippen molar-refractivity contribution in [1.29, 1.82) is 0 Å². The highest BCUT2D eigenvalue weighted by Gasteiger charge is 2.25. The average molecular weight is 772 g/mol. The maximum atomic E-state index is 12.7. The molecular weight excluding hydrogens is 691 g/mol. The summed E-state index contributed by atoms with van der Waals surface area (Å²) in [7, 11) is 5.39. The Morgan fingerprint density at radius 3 is 1.64 bits per heavy atom. The number of quaternary nitrogens is 1. The van der Waals surface area contributed by atoms with Crippen LogP contribution in [0.2, 0.25) is 0 Å². The Bertz CT molecular complexity index is 1090. The molecule has 0 saturated carbocycles. The van der Waals surface area contributed by atoms with Crippen LogP contribution in [-0.4, -0.2) is 75.5 Å². The number of esters is 2. The Balaban J connectivity index is 4.30. The van der Waals surface area contributed by atoms with Gasteiger partial charge in [0.15, 0.2) is 6.10 Å². The zero-order valence-electron chi connectivity index (χ0n) is 35.8. The molecule has 8 heteroatoms. The van der Waals surface area contributed by atoms with Gasteiger partial charge in [0.25, 0.3) is 0 Å². The van der Waals surface area contributed by atoms with Crippen molar-refractivity contribution in [2.75, 3.05) is 41.0 Å². The highest BCUT2D eigenvalue weighted by atomic mass is 16.6. The molecule has 316 valence electrons. The number of unbranched alkanes of at least 4 members (excludes halogenated alkanes) is 15. The number of hydrogen-bond acceptors (Lipinski definition) is 7. The summed E-state index contributed by atoms with van der Waals surface area (Å²) in [6.07, 6.45) is 45.4. The first-order valence-electron chi connectivity index (χ1n) is 21.8. The number of rotatable bonds is 38. The first-order chi connectivity index (χ1) is 26.6. The van der Waals surface area contributed by atoms with Crippen molar-refractivity contribution in [2.24, 2.45) is 0 Å². The molecule has 8 nitrogen and oxygen atoms in total. The van der Waals surface area contributed by atoms with Crippen molar-refractivity contribution in [3.05, 3.63) is 60.8 Å². The monoisotopic (exact) mass is 772 g/mol. The summed E-state index contributed by atoms with van der Waals surface area (Å²) in [4.78, 5) is 36.8. The van der Waals surface area contributed by atoms with E-state index < -0.39 is 18.1 Å². The van der Waals surface area contributed by atoms with E-state index in [1.807, 2.05) is 0 Å². The summed E-state index contributed by atoms with van der Waals surface area (Å²) in [5, 5.41) is 11.6. The van der Waals surface area contributed by atoms with Crippen molar-refractivity contribution in [2.45, 2.75) is 180 Å². The minimum absolute atomic E-state index is 0.0268. The molecule has 0 aromatic heterocycles. The summed E-state index contributed by atoms with van der Waals surface area (Å²) >= 11 is 0. The largest absolute Gasteiger partial charge is 0.544 e. The second-order valence-electron chi connectivity index (χ2n) is 15.6. The molecular formula is C47H81NO7. The molecule has 0 bridgehead atoms. The van der Waals surface area contributed by atoms with Crippen molar-refractivity contribution in [3.8, 4) is 0 Å². The van der Waals surface area contributed by atoms with E-state index in [-0.39, 0.29) is 49.1 Å². The Hall–Kier alpha value is -2.97. The van der Waals surface area contributed by atoms with Gasteiger partial charge >= 0.3 is 11.9 Å². The Morgan fingerprint density at radius 2 is 1.07 bits per heavy atom. The van der Waals surface area contributed by atoms with Crippen molar-refractivity contribution < 1.29 is 38.2 Å². The quantitative estimate of drug-likeness (QED) is 0.0202. The molecule has 0 amide bonds. The fourth-order valence-electron chi connectivity index (χ4n) is 6.00. The second kappa shape index (κ2) is 37.9. The zero-order valence-corrected chi connectivity index (χ0v) is 35.8. The molecule has 2 unspecified atom stereocenters. The predicted octanol–water partition coefficient (Wildman–Crippen LogP) is 10.5. The number of ether oxygens (including phenoxy) is 3. The summed E-state index contributed by atoms with van der Waals surface area (Å²) < 4.78 is 17.1. The average Bonchev–Trinajstić information content (AvgIpc) is 3.14. The van der Waals surface area contributed by atoms with Gasteiger partial charge in [0, 0.05) is 19.3 Å². The smallest absolute Gasteiger partial charge is 0.306 e. The van der Waals surface area contributed by atoms with Crippen LogP contribution in [0.1, 0.15) is 168 Å². The van der Waals surface area contributed by atoms with Gasteiger partial charge in [-0.3, -0.25) is 9.59 Å². The van der Waals surface area contributed by atoms with Crippen LogP contribution in [0, 0.1) is 0 Å². The van der Waals surface area contributed by atoms with Crippen LogP contribution < -0.4 is 5.11 Å². The fraction of sp³-hybridized carbons (Fsp3) is 0.723. The second-order valence-corrected chi connectivity index (χ2v) is 15.6. The van der Waals surface area contributed by atoms with Crippen LogP contribution in [0.5, 0.6) is 0 Å². The van der Waals surface area contributed by atoms with Gasteiger partial charge in [-0.1, -0.05) is 145 Å². The third-order valence-electron chi connectivity index (χ3n) is 9.42. The lowest BCUT2D eigenvalue weighted by atomic mass is 10.1. The normalized spacial score (nSPS) is 13.5. The summed E-state index contributed by atoms with van der Waals surface area (Å²) in [5.41, 5.74) is 0. The van der Waals surface area contributed by atoms with E-state index >= 15 is 0 Å². The first kappa shape index (κ1) is 52.0. The molecule has 0 aliphatic rings. The number of carboxylic acid groups (broad SMARTS) is 1. The topological polar surface area (TPSA) is 102 Å². The zero-order chi connectivity index (χ0) is 40.7. The molecule has 0 aliphatic carbocycles. The summed E-state index contributed by atoms with van der Waals surface area (Å²) in [6, 6.07) is -0.732. The van der Waals surface area contributed by atoms with Gasteiger partial charge in [-0.05, 0) is 64.2 Å². The number of carboxylic acids is 1. The van der Waals surface area contributed by atoms with E-state index in [1.165, 1.54) is 64.2 Å². The van der Waals surface area contributed by atoms with E-state index in [1.54, 1.807) is 21.1 Å². The number of carbonyl (C=O) groups is 3. The van der Waals surface area contributed by atoms with Crippen LogP contribution in [-0.2, 0) is 28.6 Å². The van der Waals surface area contributed by atoms with Crippen LogP contribution in [0.25, 0.3) is 0 Å². The van der Waals surface area contributed by atoms with Crippen molar-refractivity contribution >= 4 is 17.9 Å². The molecule has 0 heterocycles. The molecule has 0 fully saturated rings. The highest BCUT2D eigenvalue weighted by Crippen LogP contribution is 2.14. The Kier molecular flexibility index (Phi) is 35.9. The minimum Gasteiger partial charge on any atom is -0.544 e. The van der Waals surface area contributed by atoms with Crippen molar-refractivity contribution in [3.63, 3.8) is 0 Å². The lowest BCUT2D eigenvalue weighted by Gasteiger charge is -2.34. The van der Waals surface area contributed by atoms with E-state index in [0.29, 0.717) is 6.42 Å². The fourth-order valence-corrected chi connectivity index (χ4v) is 6.00. The van der Waals surface area contributed by atoms with Gasteiger partial charge < -0.3 is 28.6 Å². The van der Waals surface area contributed by atoms with Gasteiger partial charge in [0.05, 0.1) is 40.3 Å². The molecule has 0 radical (unpaired) electrons. The number of carbonyl (C=O) groups excluding carboxylic acids is 3. The minimum atomic E-state index is -1.13. The molecule has 0 aliphatic heterocycles. The van der Waals surface area contributed by atoms with Crippen molar-refractivity contribution in [1.82, 2.24) is 0 Å². The molecule has 0 aromatic carbocycles. The molecule has 0 spiro atoms. The molecule has 0 saturated heterocycles. The van der Waals surface area contributed by atoms with E-state index in [4.69, 9.17) is 14.2 Å². The molecule has 0 aromatic rings. The molecule has 0 N–H and O–H groups in total. The number of nitrogens with zero attached hydrogens (tertiary/aromatic N) is 1. The SMILES string of the molecule is CC/C=C/C/C=C/C/C=C/CCCCCCCCCCCCC(=O)OCC(COCCC(C(=O)[O-])[N+](C)(C)C)OC(=O)CCCCC/C=C/C=C/CCCC. The maximum Gasteiger partial charge on any atom is 0.306 e. The lowest BCUT2D eigenvalue weighted by Crippen LogP contribution is -2.55. The molecule has 2 atom stereocenters. The molecule has 0 rings (SSSR count). The van der Waals surface area contributed by atoms with Crippen LogP contribution in [0.4, 0.5) is 0 Å². The number of aliphatic carboxylic acids is 1.